The molecule has 8 heteroatoms. The summed E-state index contributed by atoms with van der Waals surface area (Å²) in [7, 11) is 1.64. The fraction of sp³-hybridized carbons (Fsp3) is 0.300. The van der Waals surface area contributed by atoms with Crippen LogP contribution in [-0.2, 0) is 6.54 Å². The fourth-order valence-electron chi connectivity index (χ4n) is 2.42. The molecule has 0 radical (unpaired) electrons. The SMILES string of the molecule is CN=C(NCCNC(=O)c1ccc(C)c(F)c1)NCc1ccc(F)c(C)c1.I. The first-order valence-electron chi connectivity index (χ1n) is 8.64. The molecule has 1 amide bonds. The van der Waals surface area contributed by atoms with Crippen LogP contribution in [0.4, 0.5) is 8.78 Å². The fourth-order valence-corrected chi connectivity index (χ4v) is 2.42. The molecule has 152 valence electrons. The van der Waals surface area contributed by atoms with Crippen LogP contribution in [-0.4, -0.2) is 32.0 Å². The van der Waals surface area contributed by atoms with E-state index in [9.17, 15) is 13.6 Å². The van der Waals surface area contributed by atoms with Gasteiger partial charge in [0.2, 0.25) is 0 Å². The van der Waals surface area contributed by atoms with Crippen molar-refractivity contribution in [3.8, 4) is 0 Å². The molecule has 5 nitrogen and oxygen atoms in total. The molecule has 0 aromatic heterocycles. The van der Waals surface area contributed by atoms with Crippen molar-refractivity contribution in [3.63, 3.8) is 0 Å². The highest BCUT2D eigenvalue weighted by atomic mass is 127. The Morgan fingerprint density at radius 3 is 2.29 bits per heavy atom. The largest absolute Gasteiger partial charge is 0.355 e. The van der Waals surface area contributed by atoms with Crippen molar-refractivity contribution in [2.24, 2.45) is 4.99 Å². The predicted octanol–water partition coefficient (Wildman–Crippen LogP) is 3.29. The van der Waals surface area contributed by atoms with Crippen molar-refractivity contribution >= 4 is 35.8 Å². The molecule has 28 heavy (non-hydrogen) atoms. The third kappa shape index (κ3) is 7.06. The van der Waals surface area contributed by atoms with Gasteiger partial charge in [0, 0.05) is 32.2 Å². The molecular weight excluding hydrogens is 477 g/mol. The minimum absolute atomic E-state index is 0. The first-order chi connectivity index (χ1) is 12.9. The van der Waals surface area contributed by atoms with Crippen LogP contribution < -0.4 is 16.0 Å². The number of hydrogen-bond acceptors (Lipinski definition) is 2. The molecule has 2 rings (SSSR count). The maximum atomic E-state index is 13.5. The van der Waals surface area contributed by atoms with E-state index in [2.05, 4.69) is 20.9 Å². The highest BCUT2D eigenvalue weighted by Crippen LogP contribution is 2.09. The van der Waals surface area contributed by atoms with Crippen molar-refractivity contribution in [2.45, 2.75) is 20.4 Å². The number of carbonyl (C=O) groups is 1. The number of benzene rings is 2. The zero-order chi connectivity index (χ0) is 19.8. The molecule has 0 heterocycles. The number of nitrogens with zero attached hydrogens (tertiary/aromatic N) is 1. The molecule has 0 fully saturated rings. The average molecular weight is 502 g/mol. The first kappa shape index (κ1) is 23.8. The minimum atomic E-state index is -0.401. The Bertz CT molecular complexity index is 843. The van der Waals surface area contributed by atoms with Crippen LogP contribution in [0.25, 0.3) is 0 Å². The Morgan fingerprint density at radius 1 is 0.929 bits per heavy atom. The van der Waals surface area contributed by atoms with Crippen LogP contribution in [0.15, 0.2) is 41.4 Å². The minimum Gasteiger partial charge on any atom is -0.355 e. The lowest BCUT2D eigenvalue weighted by Gasteiger charge is -2.13. The average Bonchev–Trinajstić information content (AvgIpc) is 2.65. The highest BCUT2D eigenvalue weighted by Gasteiger charge is 2.07. The van der Waals surface area contributed by atoms with Crippen molar-refractivity contribution in [1.82, 2.24) is 16.0 Å². The molecule has 0 spiro atoms. The Labute approximate surface area is 181 Å². The number of carbonyl (C=O) groups excluding carboxylic acids is 1. The first-order valence-corrected chi connectivity index (χ1v) is 8.64. The summed E-state index contributed by atoms with van der Waals surface area (Å²) in [6.45, 7) is 4.66. The van der Waals surface area contributed by atoms with Gasteiger partial charge < -0.3 is 16.0 Å². The summed E-state index contributed by atoms with van der Waals surface area (Å²) in [6.07, 6.45) is 0. The van der Waals surface area contributed by atoms with E-state index in [1.165, 1.54) is 12.1 Å². The molecule has 0 aliphatic carbocycles. The third-order valence-electron chi connectivity index (χ3n) is 4.04. The lowest BCUT2D eigenvalue weighted by atomic mass is 10.1. The summed E-state index contributed by atoms with van der Waals surface area (Å²) in [5.74, 6) is -0.403. The zero-order valence-corrected chi connectivity index (χ0v) is 18.4. The van der Waals surface area contributed by atoms with E-state index >= 15 is 0 Å². The lowest BCUT2D eigenvalue weighted by Crippen LogP contribution is -2.41. The normalized spacial score (nSPS) is 10.8. The van der Waals surface area contributed by atoms with Gasteiger partial charge in [0.05, 0.1) is 0 Å². The van der Waals surface area contributed by atoms with Crippen LogP contribution in [0.1, 0.15) is 27.0 Å². The van der Waals surface area contributed by atoms with Gasteiger partial charge in [0.15, 0.2) is 5.96 Å². The Morgan fingerprint density at radius 2 is 1.64 bits per heavy atom. The van der Waals surface area contributed by atoms with Crippen LogP contribution in [0.5, 0.6) is 0 Å². The van der Waals surface area contributed by atoms with E-state index in [0.29, 0.717) is 36.7 Å². The van der Waals surface area contributed by atoms with Gasteiger partial charge in [-0.1, -0.05) is 18.2 Å². The maximum Gasteiger partial charge on any atom is 0.251 e. The number of aliphatic imine (C=N–C) groups is 1. The second-order valence-electron chi connectivity index (χ2n) is 6.16. The van der Waals surface area contributed by atoms with Crippen LogP contribution in [0.2, 0.25) is 0 Å². The quantitative estimate of drug-likeness (QED) is 0.246. The topological polar surface area (TPSA) is 65.5 Å². The molecule has 2 aromatic rings. The summed E-state index contributed by atoms with van der Waals surface area (Å²) < 4.78 is 26.8. The number of hydrogen-bond donors (Lipinski definition) is 3. The number of guanidine groups is 1. The Balaban J connectivity index is 0.00000392. The van der Waals surface area contributed by atoms with E-state index in [1.807, 2.05) is 0 Å². The summed E-state index contributed by atoms with van der Waals surface area (Å²) in [5.41, 5.74) is 2.31. The van der Waals surface area contributed by atoms with Crippen LogP contribution in [0, 0.1) is 25.5 Å². The zero-order valence-electron chi connectivity index (χ0n) is 16.1. The Kier molecular flexibility index (Phi) is 9.84. The van der Waals surface area contributed by atoms with Gasteiger partial charge in [-0.25, -0.2) is 8.78 Å². The molecule has 0 aliphatic heterocycles. The summed E-state index contributed by atoms with van der Waals surface area (Å²) in [4.78, 5) is 16.1. The van der Waals surface area contributed by atoms with Crippen molar-refractivity contribution in [2.75, 3.05) is 20.1 Å². The standard InChI is InChI=1S/C20H24F2N4O.HI/c1-13-4-6-16(11-18(13)22)19(27)24-8-9-25-20(23-3)26-12-15-5-7-17(21)14(2)10-15;/h4-7,10-11H,8-9,12H2,1-3H3,(H,24,27)(H2,23,25,26);1H. The summed E-state index contributed by atoms with van der Waals surface area (Å²) >= 11 is 0. The number of rotatable bonds is 6. The second kappa shape index (κ2) is 11.6. The number of amides is 1. The predicted molar refractivity (Wildman–Crippen MR) is 118 cm³/mol. The van der Waals surface area contributed by atoms with Gasteiger partial charge in [0.25, 0.3) is 5.91 Å². The molecule has 0 saturated carbocycles. The van der Waals surface area contributed by atoms with Crippen LogP contribution >= 0.6 is 24.0 Å². The number of nitrogens with one attached hydrogen (secondary N) is 3. The monoisotopic (exact) mass is 502 g/mol. The lowest BCUT2D eigenvalue weighted by molar-refractivity contribution is 0.0954. The molecule has 2 aromatic carbocycles. The molecule has 0 saturated heterocycles. The number of halogens is 3. The van der Waals surface area contributed by atoms with Crippen molar-refractivity contribution < 1.29 is 13.6 Å². The van der Waals surface area contributed by atoms with Gasteiger partial charge in [-0.2, -0.15) is 0 Å². The third-order valence-corrected chi connectivity index (χ3v) is 4.04. The van der Waals surface area contributed by atoms with Gasteiger partial charge in [-0.3, -0.25) is 9.79 Å². The number of aryl methyl sites for hydroxylation is 2. The molecular formula is C20H25F2IN4O. The van der Waals surface area contributed by atoms with E-state index in [1.54, 1.807) is 45.2 Å². The molecule has 0 atom stereocenters. The van der Waals surface area contributed by atoms with E-state index in [-0.39, 0.29) is 41.3 Å². The highest BCUT2D eigenvalue weighted by molar-refractivity contribution is 14.0. The Hall–Kier alpha value is -2.23. The van der Waals surface area contributed by atoms with E-state index in [4.69, 9.17) is 0 Å². The molecule has 0 unspecified atom stereocenters. The molecule has 0 aliphatic rings. The van der Waals surface area contributed by atoms with E-state index in [0.717, 1.165) is 5.56 Å². The maximum absolute atomic E-state index is 13.5. The second-order valence-corrected chi connectivity index (χ2v) is 6.16. The molecule has 0 bridgehead atoms. The summed E-state index contributed by atoms with van der Waals surface area (Å²) in [5, 5.41) is 8.91. The van der Waals surface area contributed by atoms with Crippen molar-refractivity contribution in [1.29, 1.82) is 0 Å². The smallest absolute Gasteiger partial charge is 0.251 e. The van der Waals surface area contributed by atoms with Crippen LogP contribution in [0.3, 0.4) is 0 Å². The van der Waals surface area contributed by atoms with E-state index < -0.39 is 5.82 Å². The molecule has 3 N–H and O–H groups in total. The van der Waals surface area contributed by atoms with Gasteiger partial charge >= 0.3 is 0 Å². The van der Waals surface area contributed by atoms with Gasteiger partial charge in [-0.05, 0) is 48.7 Å². The van der Waals surface area contributed by atoms with Gasteiger partial charge in [-0.15, -0.1) is 24.0 Å². The summed E-state index contributed by atoms with van der Waals surface area (Å²) in [6, 6.07) is 9.31. The van der Waals surface area contributed by atoms with Crippen molar-refractivity contribution in [3.05, 3.63) is 70.3 Å². The van der Waals surface area contributed by atoms with Gasteiger partial charge in [0.1, 0.15) is 11.6 Å².